The van der Waals surface area contributed by atoms with Crippen molar-refractivity contribution < 1.29 is 13.5 Å². The molecule has 0 atom stereocenters. The summed E-state index contributed by atoms with van der Waals surface area (Å²) >= 11 is 0. The van der Waals surface area contributed by atoms with Crippen molar-refractivity contribution in [2.45, 2.75) is 72.1 Å². The summed E-state index contributed by atoms with van der Waals surface area (Å²) in [4.78, 5) is 13.6. The molecule has 1 saturated carbocycles. The van der Waals surface area contributed by atoms with Gasteiger partial charge in [-0.1, -0.05) is 13.5 Å². The van der Waals surface area contributed by atoms with Crippen LogP contribution >= 0.6 is 0 Å². The minimum atomic E-state index is -0.674. The summed E-state index contributed by atoms with van der Waals surface area (Å²) in [7, 11) is 0. The van der Waals surface area contributed by atoms with Crippen molar-refractivity contribution in [3.63, 3.8) is 0 Å². The lowest BCUT2D eigenvalue weighted by Gasteiger charge is -2.30. The molecule has 9 heteroatoms. The maximum Gasteiger partial charge on any atom is 0.224 e. The van der Waals surface area contributed by atoms with Gasteiger partial charge in [-0.3, -0.25) is 4.57 Å². The zero-order valence-electron chi connectivity index (χ0n) is 18.0. The Morgan fingerprint density at radius 3 is 2.44 bits per heavy atom. The van der Waals surface area contributed by atoms with Crippen molar-refractivity contribution in [1.29, 1.82) is 0 Å². The van der Waals surface area contributed by atoms with E-state index in [-0.39, 0.29) is 31.3 Å². The molecule has 2 heterocycles. The van der Waals surface area contributed by atoms with Crippen LogP contribution in [0.25, 0.3) is 11.2 Å². The SMILES string of the molecule is C.CCOC1CCC(n2c(Nc3c(F)cccc3F)nc3cnc(NC(C)C)nc32)CC1. The minimum absolute atomic E-state index is 0. The van der Waals surface area contributed by atoms with E-state index < -0.39 is 11.6 Å². The van der Waals surface area contributed by atoms with Gasteiger partial charge < -0.3 is 15.4 Å². The molecule has 32 heavy (non-hydrogen) atoms. The fraction of sp³-hybridized carbons (Fsp3) is 0.522. The van der Waals surface area contributed by atoms with Crippen molar-refractivity contribution in [3.8, 4) is 0 Å². The van der Waals surface area contributed by atoms with Gasteiger partial charge in [0.05, 0.1) is 12.3 Å². The van der Waals surface area contributed by atoms with E-state index >= 15 is 0 Å². The molecule has 1 aliphatic carbocycles. The van der Waals surface area contributed by atoms with Crippen LogP contribution in [0.2, 0.25) is 0 Å². The second-order valence-electron chi connectivity index (χ2n) is 8.11. The Morgan fingerprint density at radius 1 is 1.12 bits per heavy atom. The number of hydrogen-bond acceptors (Lipinski definition) is 6. The summed E-state index contributed by atoms with van der Waals surface area (Å²) in [5, 5.41) is 6.08. The molecule has 2 aromatic heterocycles. The molecule has 3 aromatic rings. The van der Waals surface area contributed by atoms with Crippen molar-refractivity contribution in [3.05, 3.63) is 36.0 Å². The summed E-state index contributed by atoms with van der Waals surface area (Å²) in [6.45, 7) is 6.71. The highest BCUT2D eigenvalue weighted by molar-refractivity contribution is 5.76. The van der Waals surface area contributed by atoms with E-state index in [1.165, 1.54) is 18.2 Å². The highest BCUT2D eigenvalue weighted by Crippen LogP contribution is 2.36. The van der Waals surface area contributed by atoms with Crippen LogP contribution < -0.4 is 10.6 Å². The molecule has 0 saturated heterocycles. The summed E-state index contributed by atoms with van der Waals surface area (Å²) < 4.78 is 36.4. The van der Waals surface area contributed by atoms with E-state index in [0.29, 0.717) is 29.7 Å². The number of rotatable bonds is 7. The number of benzene rings is 1. The molecule has 0 bridgehead atoms. The molecule has 0 radical (unpaired) electrons. The second-order valence-corrected chi connectivity index (χ2v) is 8.11. The fourth-order valence-corrected chi connectivity index (χ4v) is 4.09. The van der Waals surface area contributed by atoms with Crippen LogP contribution in [0.3, 0.4) is 0 Å². The lowest BCUT2D eigenvalue weighted by Crippen LogP contribution is -2.24. The summed E-state index contributed by atoms with van der Waals surface area (Å²) in [6, 6.07) is 4.02. The third-order valence-electron chi connectivity index (χ3n) is 5.46. The topological polar surface area (TPSA) is 76.9 Å². The van der Waals surface area contributed by atoms with E-state index in [0.717, 1.165) is 25.7 Å². The highest BCUT2D eigenvalue weighted by atomic mass is 19.1. The van der Waals surface area contributed by atoms with Gasteiger partial charge in [0.15, 0.2) is 5.65 Å². The van der Waals surface area contributed by atoms with E-state index in [2.05, 4.69) is 25.6 Å². The molecule has 1 fully saturated rings. The molecular formula is C23H32F2N6O. The molecule has 0 aliphatic heterocycles. The van der Waals surface area contributed by atoms with E-state index in [1.807, 2.05) is 25.3 Å². The first kappa shape index (κ1) is 23.8. The number of nitrogens with one attached hydrogen (secondary N) is 2. The number of aromatic nitrogens is 4. The van der Waals surface area contributed by atoms with Crippen molar-refractivity contribution in [1.82, 2.24) is 19.5 Å². The number of fused-ring (bicyclic) bond motifs is 1. The van der Waals surface area contributed by atoms with E-state index in [4.69, 9.17) is 4.74 Å². The lowest BCUT2D eigenvalue weighted by atomic mass is 9.92. The van der Waals surface area contributed by atoms with Gasteiger partial charge in [-0.2, -0.15) is 4.98 Å². The highest BCUT2D eigenvalue weighted by Gasteiger charge is 2.28. The number of imidazole rings is 1. The van der Waals surface area contributed by atoms with Gasteiger partial charge in [0, 0.05) is 18.7 Å². The number of hydrogen-bond donors (Lipinski definition) is 2. The molecule has 1 aromatic carbocycles. The molecule has 0 amide bonds. The summed E-state index contributed by atoms with van der Waals surface area (Å²) in [5.41, 5.74) is 0.980. The number of nitrogens with zero attached hydrogens (tertiary/aromatic N) is 4. The molecule has 0 unspecified atom stereocenters. The zero-order valence-corrected chi connectivity index (χ0v) is 18.0. The Labute approximate surface area is 187 Å². The number of para-hydroxylation sites is 1. The summed E-state index contributed by atoms with van der Waals surface area (Å²) in [6.07, 6.45) is 5.42. The van der Waals surface area contributed by atoms with Crippen LogP contribution in [0.5, 0.6) is 0 Å². The number of anilines is 3. The quantitative estimate of drug-likeness (QED) is 0.476. The second kappa shape index (κ2) is 10.2. The first-order valence-corrected chi connectivity index (χ1v) is 10.8. The number of ether oxygens (including phenoxy) is 1. The average molecular weight is 447 g/mol. The monoisotopic (exact) mass is 446 g/mol. The zero-order chi connectivity index (χ0) is 22.0. The van der Waals surface area contributed by atoms with Crippen LogP contribution in [-0.2, 0) is 4.74 Å². The van der Waals surface area contributed by atoms with Crippen LogP contribution in [0.4, 0.5) is 26.4 Å². The molecule has 7 nitrogen and oxygen atoms in total. The smallest absolute Gasteiger partial charge is 0.224 e. The molecule has 4 rings (SSSR count). The van der Waals surface area contributed by atoms with Gasteiger partial charge in [-0.05, 0) is 58.6 Å². The third kappa shape index (κ3) is 4.98. The molecule has 2 N–H and O–H groups in total. The predicted octanol–water partition coefficient (Wildman–Crippen LogP) is 5.82. The van der Waals surface area contributed by atoms with Gasteiger partial charge in [0.2, 0.25) is 11.9 Å². The third-order valence-corrected chi connectivity index (χ3v) is 5.46. The van der Waals surface area contributed by atoms with Gasteiger partial charge >= 0.3 is 0 Å². The Kier molecular flexibility index (Phi) is 7.60. The van der Waals surface area contributed by atoms with Gasteiger partial charge in [-0.25, -0.2) is 18.7 Å². The first-order valence-electron chi connectivity index (χ1n) is 10.8. The fourth-order valence-electron chi connectivity index (χ4n) is 4.09. The van der Waals surface area contributed by atoms with Crippen molar-refractivity contribution in [2.75, 3.05) is 17.2 Å². The van der Waals surface area contributed by atoms with Crippen LogP contribution in [0, 0.1) is 11.6 Å². The van der Waals surface area contributed by atoms with Crippen LogP contribution in [-0.4, -0.2) is 38.3 Å². The predicted molar refractivity (Wildman–Crippen MR) is 123 cm³/mol. The Bertz CT molecular complexity index is 1030. The Hall–Kier alpha value is -2.81. The Morgan fingerprint density at radius 2 is 1.81 bits per heavy atom. The largest absolute Gasteiger partial charge is 0.379 e. The summed E-state index contributed by atoms with van der Waals surface area (Å²) in [5.74, 6) is -0.496. The average Bonchev–Trinajstić information content (AvgIpc) is 3.08. The molecule has 174 valence electrons. The van der Waals surface area contributed by atoms with Gasteiger partial charge in [0.25, 0.3) is 0 Å². The number of halogens is 2. The van der Waals surface area contributed by atoms with Gasteiger partial charge in [-0.15, -0.1) is 0 Å². The standard InChI is InChI=1S/C22H28F2N6O.CH4/c1-4-31-15-10-8-14(9-11-15)30-20-18(12-25-21(29-20)26-13(2)3)27-22(30)28-19-16(23)6-5-7-17(19)24;/h5-7,12-15H,4,8-11H2,1-3H3,(H,27,28)(H,25,26,29);1H4. The molecule has 1 aliphatic rings. The van der Waals surface area contributed by atoms with Crippen molar-refractivity contribution in [2.24, 2.45) is 0 Å². The van der Waals surface area contributed by atoms with Crippen LogP contribution in [0.15, 0.2) is 24.4 Å². The maximum atomic E-state index is 14.3. The van der Waals surface area contributed by atoms with E-state index in [1.54, 1.807) is 6.20 Å². The maximum absolute atomic E-state index is 14.3. The van der Waals surface area contributed by atoms with Crippen LogP contribution in [0.1, 0.15) is 59.9 Å². The minimum Gasteiger partial charge on any atom is -0.379 e. The Balaban J connectivity index is 0.00000289. The molecule has 0 spiro atoms. The normalized spacial score (nSPS) is 18.6. The van der Waals surface area contributed by atoms with Crippen molar-refractivity contribution >= 4 is 28.7 Å². The van der Waals surface area contributed by atoms with Gasteiger partial charge in [0.1, 0.15) is 22.8 Å². The molecular weight excluding hydrogens is 414 g/mol. The lowest BCUT2D eigenvalue weighted by molar-refractivity contribution is 0.0276. The van der Waals surface area contributed by atoms with E-state index in [9.17, 15) is 8.78 Å². The first-order chi connectivity index (χ1) is 15.0.